The zero-order valence-corrected chi connectivity index (χ0v) is 11.6. The summed E-state index contributed by atoms with van der Waals surface area (Å²) in [4.78, 5) is 19.8. The van der Waals surface area contributed by atoms with Crippen LogP contribution in [0.3, 0.4) is 0 Å². The SMILES string of the molecule is O=C(Nc1cc(-n2cccn2)ncn1)Nc1ccc(F)cc1F. The van der Waals surface area contributed by atoms with Crippen LogP contribution in [-0.4, -0.2) is 25.8 Å². The number of halogens is 2. The first kappa shape index (κ1) is 14.6. The summed E-state index contributed by atoms with van der Waals surface area (Å²) in [5.74, 6) is -0.952. The number of amides is 2. The molecule has 0 aliphatic carbocycles. The van der Waals surface area contributed by atoms with E-state index in [0.29, 0.717) is 11.9 Å². The van der Waals surface area contributed by atoms with Crippen molar-refractivity contribution in [1.29, 1.82) is 0 Å². The molecule has 2 aromatic heterocycles. The zero-order chi connectivity index (χ0) is 16.2. The maximum absolute atomic E-state index is 13.5. The minimum absolute atomic E-state index is 0.148. The largest absolute Gasteiger partial charge is 0.324 e. The van der Waals surface area contributed by atoms with Crippen molar-refractivity contribution in [3.8, 4) is 5.82 Å². The third-order valence-electron chi connectivity index (χ3n) is 2.81. The fourth-order valence-corrected chi connectivity index (χ4v) is 1.81. The van der Waals surface area contributed by atoms with E-state index < -0.39 is 17.7 Å². The number of urea groups is 1. The standard InChI is InChI=1S/C14H10F2N6O/c15-9-2-3-11(10(16)6-9)20-14(23)21-12-7-13(18-8-17-12)22-5-1-4-19-22/h1-8H,(H2,17,18,20,21,23). The van der Waals surface area contributed by atoms with Gasteiger partial charge in [0.15, 0.2) is 5.82 Å². The Balaban J connectivity index is 1.72. The van der Waals surface area contributed by atoms with Crippen LogP contribution in [0, 0.1) is 11.6 Å². The van der Waals surface area contributed by atoms with Crippen molar-refractivity contribution < 1.29 is 13.6 Å². The van der Waals surface area contributed by atoms with Gasteiger partial charge in [-0.25, -0.2) is 28.2 Å². The van der Waals surface area contributed by atoms with E-state index in [4.69, 9.17) is 0 Å². The van der Waals surface area contributed by atoms with Crippen LogP contribution in [0.15, 0.2) is 49.1 Å². The summed E-state index contributed by atoms with van der Waals surface area (Å²) in [5.41, 5.74) is -0.148. The summed E-state index contributed by atoms with van der Waals surface area (Å²) < 4.78 is 27.8. The van der Waals surface area contributed by atoms with E-state index in [2.05, 4.69) is 25.7 Å². The van der Waals surface area contributed by atoms with Crippen LogP contribution in [0.1, 0.15) is 0 Å². The van der Waals surface area contributed by atoms with Crippen molar-refractivity contribution in [2.45, 2.75) is 0 Å². The molecule has 0 aliphatic rings. The van der Waals surface area contributed by atoms with Gasteiger partial charge in [0, 0.05) is 24.5 Å². The van der Waals surface area contributed by atoms with E-state index in [1.54, 1.807) is 18.5 Å². The molecule has 2 amide bonds. The molecule has 0 radical (unpaired) electrons. The summed E-state index contributed by atoms with van der Waals surface area (Å²) in [5, 5.41) is 8.70. The number of rotatable bonds is 3. The van der Waals surface area contributed by atoms with Gasteiger partial charge in [-0.05, 0) is 18.2 Å². The van der Waals surface area contributed by atoms with Crippen LogP contribution in [-0.2, 0) is 0 Å². The molecule has 2 heterocycles. The summed E-state index contributed by atoms with van der Waals surface area (Å²) in [6.45, 7) is 0. The van der Waals surface area contributed by atoms with Crippen molar-refractivity contribution >= 4 is 17.5 Å². The van der Waals surface area contributed by atoms with Gasteiger partial charge in [0.2, 0.25) is 0 Å². The second kappa shape index (κ2) is 6.18. The molecule has 0 atom stereocenters. The average molecular weight is 316 g/mol. The summed E-state index contributed by atoms with van der Waals surface area (Å²) >= 11 is 0. The number of hydrogen-bond donors (Lipinski definition) is 2. The predicted octanol–water partition coefficient (Wildman–Crippen LogP) is 2.58. The monoisotopic (exact) mass is 316 g/mol. The first-order chi connectivity index (χ1) is 11.1. The van der Waals surface area contributed by atoms with Crippen molar-refractivity contribution in [2.24, 2.45) is 0 Å². The third kappa shape index (κ3) is 3.46. The smallest absolute Gasteiger partial charge is 0.305 e. The maximum Gasteiger partial charge on any atom is 0.324 e. The van der Waals surface area contributed by atoms with Crippen LogP contribution in [0.25, 0.3) is 5.82 Å². The van der Waals surface area contributed by atoms with E-state index in [1.165, 1.54) is 17.1 Å². The fourth-order valence-electron chi connectivity index (χ4n) is 1.81. The predicted molar refractivity (Wildman–Crippen MR) is 78.2 cm³/mol. The van der Waals surface area contributed by atoms with Crippen molar-refractivity contribution in [1.82, 2.24) is 19.7 Å². The summed E-state index contributed by atoms with van der Waals surface area (Å²) in [6, 6.07) is 5.34. The van der Waals surface area contributed by atoms with Crippen LogP contribution in [0.5, 0.6) is 0 Å². The molecule has 2 N–H and O–H groups in total. The van der Waals surface area contributed by atoms with Gasteiger partial charge in [0.25, 0.3) is 0 Å². The van der Waals surface area contributed by atoms with Crippen LogP contribution in [0.4, 0.5) is 25.1 Å². The van der Waals surface area contributed by atoms with Crippen molar-refractivity contribution in [3.05, 3.63) is 60.7 Å². The molecular formula is C14H10F2N6O. The average Bonchev–Trinajstić information content (AvgIpc) is 3.05. The normalized spacial score (nSPS) is 10.3. The molecule has 3 aromatic rings. The number of hydrogen-bond acceptors (Lipinski definition) is 4. The molecule has 7 nitrogen and oxygen atoms in total. The minimum Gasteiger partial charge on any atom is -0.305 e. The molecule has 116 valence electrons. The molecule has 23 heavy (non-hydrogen) atoms. The van der Waals surface area contributed by atoms with Crippen LogP contribution >= 0.6 is 0 Å². The Morgan fingerprint density at radius 3 is 2.74 bits per heavy atom. The highest BCUT2D eigenvalue weighted by atomic mass is 19.1. The van der Waals surface area contributed by atoms with E-state index in [1.807, 2.05) is 0 Å². The Morgan fingerprint density at radius 1 is 1.13 bits per heavy atom. The summed E-state index contributed by atoms with van der Waals surface area (Å²) in [6.07, 6.45) is 4.52. The Bertz CT molecular complexity index is 837. The second-order valence-electron chi connectivity index (χ2n) is 4.42. The number of anilines is 2. The zero-order valence-electron chi connectivity index (χ0n) is 11.6. The first-order valence-corrected chi connectivity index (χ1v) is 6.47. The number of carbonyl (C=O) groups is 1. The van der Waals surface area contributed by atoms with Gasteiger partial charge in [-0.2, -0.15) is 5.10 Å². The summed E-state index contributed by atoms with van der Waals surface area (Å²) in [7, 11) is 0. The Hall–Kier alpha value is -3.36. The molecule has 0 unspecified atom stereocenters. The van der Waals surface area contributed by atoms with E-state index in [-0.39, 0.29) is 11.5 Å². The number of nitrogens with zero attached hydrogens (tertiary/aromatic N) is 4. The van der Waals surface area contributed by atoms with Crippen LogP contribution < -0.4 is 10.6 Å². The lowest BCUT2D eigenvalue weighted by Crippen LogP contribution is -2.21. The van der Waals surface area contributed by atoms with Gasteiger partial charge in [0.05, 0.1) is 5.69 Å². The van der Waals surface area contributed by atoms with Crippen LogP contribution in [0.2, 0.25) is 0 Å². The third-order valence-corrected chi connectivity index (χ3v) is 2.81. The molecule has 0 spiro atoms. The first-order valence-electron chi connectivity index (χ1n) is 6.47. The van der Waals surface area contributed by atoms with Gasteiger partial charge in [0.1, 0.15) is 23.8 Å². The minimum atomic E-state index is -0.875. The van der Waals surface area contributed by atoms with Gasteiger partial charge in [-0.15, -0.1) is 0 Å². The van der Waals surface area contributed by atoms with Gasteiger partial charge in [-0.3, -0.25) is 5.32 Å². The van der Waals surface area contributed by atoms with Gasteiger partial charge >= 0.3 is 6.03 Å². The molecule has 0 fully saturated rings. The molecule has 0 saturated carbocycles. The van der Waals surface area contributed by atoms with Gasteiger partial charge in [-0.1, -0.05) is 0 Å². The van der Waals surface area contributed by atoms with E-state index in [0.717, 1.165) is 12.1 Å². The lowest BCUT2D eigenvalue weighted by molar-refractivity contribution is 0.262. The molecular weight excluding hydrogens is 306 g/mol. The number of nitrogens with one attached hydrogen (secondary N) is 2. The highest BCUT2D eigenvalue weighted by Crippen LogP contribution is 2.15. The van der Waals surface area contributed by atoms with Crippen molar-refractivity contribution in [3.63, 3.8) is 0 Å². The molecule has 0 saturated heterocycles. The second-order valence-corrected chi connectivity index (χ2v) is 4.42. The molecule has 9 heteroatoms. The number of carbonyl (C=O) groups excluding carboxylic acids is 1. The number of aromatic nitrogens is 4. The maximum atomic E-state index is 13.5. The quantitative estimate of drug-likeness (QED) is 0.778. The lowest BCUT2D eigenvalue weighted by atomic mass is 10.3. The topological polar surface area (TPSA) is 84.7 Å². The lowest BCUT2D eigenvalue weighted by Gasteiger charge is -2.08. The Kier molecular flexibility index (Phi) is 3.91. The van der Waals surface area contributed by atoms with E-state index >= 15 is 0 Å². The molecule has 0 bridgehead atoms. The molecule has 1 aromatic carbocycles. The number of benzene rings is 1. The Labute approximate surface area is 129 Å². The highest BCUT2D eigenvalue weighted by molar-refractivity contribution is 5.99. The molecule has 3 rings (SSSR count). The van der Waals surface area contributed by atoms with E-state index in [9.17, 15) is 13.6 Å². The highest BCUT2D eigenvalue weighted by Gasteiger charge is 2.09. The Morgan fingerprint density at radius 2 is 2.00 bits per heavy atom. The van der Waals surface area contributed by atoms with Gasteiger partial charge < -0.3 is 5.32 Å². The fraction of sp³-hybridized carbons (Fsp3) is 0. The molecule has 0 aliphatic heterocycles. The van der Waals surface area contributed by atoms with Crippen molar-refractivity contribution in [2.75, 3.05) is 10.6 Å².